The second-order valence-electron chi connectivity index (χ2n) is 5.92. The average Bonchev–Trinajstić information content (AvgIpc) is 2.24. The molecule has 0 aliphatic rings. The lowest BCUT2D eigenvalue weighted by Crippen LogP contribution is -2.43. The highest BCUT2D eigenvalue weighted by Gasteiger charge is 2.45. The summed E-state index contributed by atoms with van der Waals surface area (Å²) in [5.74, 6) is 0.352. The molecule has 0 radical (unpaired) electrons. The third-order valence-electron chi connectivity index (χ3n) is 4.08. The van der Waals surface area contributed by atoms with Gasteiger partial charge in [-0.05, 0) is 31.1 Å². The Kier molecular flexibility index (Phi) is 5.51. The summed E-state index contributed by atoms with van der Waals surface area (Å²) in [5, 5.41) is 0. The number of carbonyl (C=O) groups excluding carboxylic acids is 1. The van der Waals surface area contributed by atoms with Crippen molar-refractivity contribution in [3.8, 4) is 0 Å². The first-order valence-corrected chi connectivity index (χ1v) is 6.38. The summed E-state index contributed by atoms with van der Waals surface area (Å²) >= 11 is 0. The quantitative estimate of drug-likeness (QED) is 0.641. The minimum atomic E-state index is -0.378. The Morgan fingerprint density at radius 2 is 1.62 bits per heavy atom. The van der Waals surface area contributed by atoms with Gasteiger partial charge in [-0.15, -0.1) is 0 Å². The summed E-state index contributed by atoms with van der Waals surface area (Å²) in [5.41, 5.74) is -0.396. The molecular weight excluding hydrogens is 200 g/mol. The molecule has 0 spiro atoms. The predicted molar refractivity (Wildman–Crippen MR) is 68.3 cm³/mol. The second-order valence-corrected chi connectivity index (χ2v) is 5.92. The Morgan fingerprint density at radius 3 is 1.94 bits per heavy atom. The fourth-order valence-electron chi connectivity index (χ4n) is 1.69. The molecule has 0 bridgehead atoms. The molecular formula is C14H28O2. The molecule has 0 aromatic rings. The van der Waals surface area contributed by atoms with Crippen LogP contribution in [0.1, 0.15) is 61.3 Å². The lowest BCUT2D eigenvalue weighted by molar-refractivity contribution is -0.164. The molecule has 0 heterocycles. The van der Waals surface area contributed by atoms with Crippen LogP contribution in [0.15, 0.2) is 0 Å². The topological polar surface area (TPSA) is 26.3 Å². The van der Waals surface area contributed by atoms with E-state index in [1.807, 2.05) is 6.92 Å². The Hall–Kier alpha value is -0.530. The maximum atomic E-state index is 12.2. The standard InChI is InChI=1S/C14H28O2/c1-8-13(5,6)14(7,9-2)12(15)16-10-11(3)4/h11H,8-10H2,1-7H3. The molecule has 0 saturated carbocycles. The summed E-state index contributed by atoms with van der Waals surface area (Å²) in [6.07, 6.45) is 1.80. The smallest absolute Gasteiger partial charge is 0.312 e. The predicted octanol–water partition coefficient (Wildman–Crippen LogP) is 4.04. The van der Waals surface area contributed by atoms with Gasteiger partial charge in [-0.3, -0.25) is 4.79 Å². The molecule has 0 aromatic carbocycles. The number of hydrogen-bond donors (Lipinski definition) is 0. The van der Waals surface area contributed by atoms with Gasteiger partial charge < -0.3 is 4.74 Å². The van der Waals surface area contributed by atoms with Crippen LogP contribution >= 0.6 is 0 Å². The zero-order valence-corrected chi connectivity index (χ0v) is 12.0. The van der Waals surface area contributed by atoms with Gasteiger partial charge in [0.15, 0.2) is 0 Å². The summed E-state index contributed by atoms with van der Waals surface area (Å²) in [7, 11) is 0. The SMILES string of the molecule is CCC(C)(C)C(C)(CC)C(=O)OCC(C)C. The van der Waals surface area contributed by atoms with E-state index >= 15 is 0 Å². The van der Waals surface area contributed by atoms with E-state index in [1.165, 1.54) is 0 Å². The average molecular weight is 228 g/mol. The van der Waals surface area contributed by atoms with Gasteiger partial charge in [0.1, 0.15) is 0 Å². The first-order chi connectivity index (χ1) is 7.21. The van der Waals surface area contributed by atoms with Crippen LogP contribution in [0.4, 0.5) is 0 Å². The van der Waals surface area contributed by atoms with Crippen LogP contribution in [0.5, 0.6) is 0 Å². The highest BCUT2D eigenvalue weighted by Crippen LogP contribution is 2.45. The van der Waals surface area contributed by atoms with Gasteiger partial charge in [0.2, 0.25) is 0 Å². The maximum absolute atomic E-state index is 12.2. The van der Waals surface area contributed by atoms with Gasteiger partial charge in [-0.2, -0.15) is 0 Å². The second kappa shape index (κ2) is 5.70. The molecule has 16 heavy (non-hydrogen) atoms. The molecule has 1 unspecified atom stereocenters. The van der Waals surface area contributed by atoms with Crippen LogP contribution in [0.2, 0.25) is 0 Å². The van der Waals surface area contributed by atoms with Crippen LogP contribution in [0.25, 0.3) is 0 Å². The van der Waals surface area contributed by atoms with E-state index in [4.69, 9.17) is 4.74 Å². The monoisotopic (exact) mass is 228 g/mol. The molecule has 0 N–H and O–H groups in total. The summed E-state index contributed by atoms with van der Waals surface area (Å²) < 4.78 is 5.41. The molecule has 0 aliphatic heterocycles. The van der Waals surface area contributed by atoms with Gasteiger partial charge >= 0.3 is 5.97 Å². The van der Waals surface area contributed by atoms with Crippen LogP contribution in [0.3, 0.4) is 0 Å². The van der Waals surface area contributed by atoms with E-state index in [1.54, 1.807) is 0 Å². The van der Waals surface area contributed by atoms with E-state index in [9.17, 15) is 4.79 Å². The molecule has 2 nitrogen and oxygen atoms in total. The van der Waals surface area contributed by atoms with Crippen molar-refractivity contribution in [1.29, 1.82) is 0 Å². The molecule has 0 aliphatic carbocycles. The summed E-state index contributed by atoms with van der Waals surface area (Å²) in [6, 6.07) is 0. The van der Waals surface area contributed by atoms with Crippen molar-refractivity contribution in [3.63, 3.8) is 0 Å². The number of ether oxygens (including phenoxy) is 1. The van der Waals surface area contributed by atoms with E-state index in [-0.39, 0.29) is 16.8 Å². The third kappa shape index (κ3) is 3.23. The van der Waals surface area contributed by atoms with E-state index < -0.39 is 0 Å². The molecule has 2 heteroatoms. The number of carbonyl (C=O) groups is 1. The Labute approximate surface area is 101 Å². The lowest BCUT2D eigenvalue weighted by atomic mass is 9.63. The first kappa shape index (κ1) is 15.5. The van der Waals surface area contributed by atoms with Crippen LogP contribution < -0.4 is 0 Å². The van der Waals surface area contributed by atoms with Crippen LogP contribution in [0, 0.1) is 16.7 Å². The molecule has 0 aromatic heterocycles. The van der Waals surface area contributed by atoms with E-state index in [0.717, 1.165) is 12.8 Å². The van der Waals surface area contributed by atoms with Crippen molar-refractivity contribution in [2.45, 2.75) is 61.3 Å². The van der Waals surface area contributed by atoms with Crippen LogP contribution in [-0.2, 0) is 9.53 Å². The maximum Gasteiger partial charge on any atom is 0.312 e. The minimum Gasteiger partial charge on any atom is -0.465 e. The fraction of sp³-hybridized carbons (Fsp3) is 0.929. The normalized spacial score (nSPS) is 16.0. The Bertz CT molecular complexity index is 231. The zero-order chi connectivity index (χ0) is 13.0. The summed E-state index contributed by atoms with van der Waals surface area (Å²) in [4.78, 5) is 12.2. The largest absolute Gasteiger partial charge is 0.465 e. The third-order valence-corrected chi connectivity index (χ3v) is 4.08. The van der Waals surface area contributed by atoms with E-state index in [0.29, 0.717) is 12.5 Å². The van der Waals surface area contributed by atoms with Crippen molar-refractivity contribution < 1.29 is 9.53 Å². The van der Waals surface area contributed by atoms with Crippen LogP contribution in [-0.4, -0.2) is 12.6 Å². The van der Waals surface area contributed by atoms with Gasteiger partial charge in [0.05, 0.1) is 12.0 Å². The molecule has 0 fully saturated rings. The lowest BCUT2D eigenvalue weighted by Gasteiger charge is -2.41. The molecule has 0 saturated heterocycles. The number of esters is 1. The van der Waals surface area contributed by atoms with E-state index in [2.05, 4.69) is 41.5 Å². The fourth-order valence-corrected chi connectivity index (χ4v) is 1.69. The zero-order valence-electron chi connectivity index (χ0n) is 12.0. The Morgan fingerprint density at radius 1 is 1.12 bits per heavy atom. The summed E-state index contributed by atoms with van der Waals surface area (Å²) in [6.45, 7) is 15.1. The van der Waals surface area contributed by atoms with Gasteiger partial charge in [0.25, 0.3) is 0 Å². The number of rotatable bonds is 6. The molecule has 96 valence electrons. The highest BCUT2D eigenvalue weighted by molar-refractivity contribution is 5.77. The molecule has 0 amide bonds. The van der Waals surface area contributed by atoms with Gasteiger partial charge in [0, 0.05) is 0 Å². The van der Waals surface area contributed by atoms with Gasteiger partial charge in [-0.1, -0.05) is 41.5 Å². The van der Waals surface area contributed by atoms with Gasteiger partial charge in [-0.25, -0.2) is 0 Å². The molecule has 0 rings (SSSR count). The highest BCUT2D eigenvalue weighted by atomic mass is 16.5. The van der Waals surface area contributed by atoms with Crippen molar-refractivity contribution in [3.05, 3.63) is 0 Å². The van der Waals surface area contributed by atoms with Crippen molar-refractivity contribution in [2.75, 3.05) is 6.61 Å². The van der Waals surface area contributed by atoms with Crippen molar-refractivity contribution in [2.24, 2.45) is 16.7 Å². The number of hydrogen-bond acceptors (Lipinski definition) is 2. The first-order valence-electron chi connectivity index (χ1n) is 6.38. The molecule has 1 atom stereocenters. The minimum absolute atomic E-state index is 0.0180. The van der Waals surface area contributed by atoms with Crippen molar-refractivity contribution in [1.82, 2.24) is 0 Å². The Balaban J connectivity index is 4.76. The van der Waals surface area contributed by atoms with Crippen molar-refractivity contribution >= 4 is 5.97 Å².